The standard InChI is InChI=1S/C12H11ClN2OS/c1-7-8(2)17-6-9(7)12(16)15-11-5-3-4-10(13)14-11/h3-6H,1-2H3,(H,14,15,16). The van der Waals surface area contributed by atoms with Gasteiger partial charge in [0, 0.05) is 10.3 Å². The maximum atomic E-state index is 12.0. The van der Waals surface area contributed by atoms with Crippen LogP contribution in [0.3, 0.4) is 0 Å². The number of carbonyl (C=O) groups excluding carboxylic acids is 1. The molecule has 2 heterocycles. The second-order valence-corrected chi connectivity index (χ2v) is 5.10. The summed E-state index contributed by atoms with van der Waals surface area (Å²) < 4.78 is 0. The van der Waals surface area contributed by atoms with Gasteiger partial charge in [-0.1, -0.05) is 17.7 Å². The Bertz CT molecular complexity index is 565. The predicted molar refractivity (Wildman–Crippen MR) is 71.0 cm³/mol. The first-order chi connectivity index (χ1) is 8.08. The molecule has 0 aliphatic rings. The summed E-state index contributed by atoms with van der Waals surface area (Å²) in [7, 11) is 0. The first-order valence-corrected chi connectivity index (χ1v) is 6.32. The van der Waals surface area contributed by atoms with Gasteiger partial charge in [0.2, 0.25) is 0 Å². The van der Waals surface area contributed by atoms with E-state index in [1.54, 1.807) is 29.5 Å². The van der Waals surface area contributed by atoms with Crippen molar-refractivity contribution in [3.63, 3.8) is 0 Å². The van der Waals surface area contributed by atoms with Gasteiger partial charge in [-0.3, -0.25) is 4.79 Å². The molecule has 0 aromatic carbocycles. The number of aromatic nitrogens is 1. The van der Waals surface area contributed by atoms with Crippen molar-refractivity contribution in [2.75, 3.05) is 5.32 Å². The molecule has 0 atom stereocenters. The average molecular weight is 267 g/mol. The lowest BCUT2D eigenvalue weighted by atomic mass is 10.1. The van der Waals surface area contributed by atoms with Gasteiger partial charge < -0.3 is 5.32 Å². The SMILES string of the molecule is Cc1scc(C(=O)Nc2cccc(Cl)n2)c1C. The van der Waals surface area contributed by atoms with Gasteiger partial charge in [-0.05, 0) is 31.5 Å². The number of pyridine rings is 1. The van der Waals surface area contributed by atoms with E-state index in [2.05, 4.69) is 10.3 Å². The average Bonchev–Trinajstić information content (AvgIpc) is 2.60. The molecule has 88 valence electrons. The van der Waals surface area contributed by atoms with Crippen LogP contribution in [0.1, 0.15) is 20.8 Å². The summed E-state index contributed by atoms with van der Waals surface area (Å²) >= 11 is 7.32. The summed E-state index contributed by atoms with van der Waals surface area (Å²) in [6.07, 6.45) is 0. The Morgan fingerprint density at radius 1 is 1.41 bits per heavy atom. The van der Waals surface area contributed by atoms with Gasteiger partial charge in [0.15, 0.2) is 0 Å². The van der Waals surface area contributed by atoms with Gasteiger partial charge in [-0.2, -0.15) is 0 Å². The van der Waals surface area contributed by atoms with E-state index in [0.29, 0.717) is 16.5 Å². The van der Waals surface area contributed by atoms with Crippen molar-refractivity contribution in [2.24, 2.45) is 0 Å². The molecule has 0 radical (unpaired) electrons. The molecule has 0 unspecified atom stereocenters. The first-order valence-electron chi connectivity index (χ1n) is 5.06. The van der Waals surface area contributed by atoms with E-state index < -0.39 is 0 Å². The quantitative estimate of drug-likeness (QED) is 0.843. The molecule has 0 fully saturated rings. The van der Waals surface area contributed by atoms with E-state index in [9.17, 15) is 4.79 Å². The van der Waals surface area contributed by atoms with E-state index in [-0.39, 0.29) is 5.91 Å². The van der Waals surface area contributed by atoms with Crippen LogP contribution in [0.2, 0.25) is 5.15 Å². The number of rotatable bonds is 2. The van der Waals surface area contributed by atoms with Crippen LogP contribution >= 0.6 is 22.9 Å². The minimum atomic E-state index is -0.151. The Labute approximate surface area is 108 Å². The molecular weight excluding hydrogens is 256 g/mol. The zero-order valence-corrected chi connectivity index (χ0v) is 11.0. The highest BCUT2D eigenvalue weighted by Crippen LogP contribution is 2.21. The number of carbonyl (C=O) groups is 1. The number of aryl methyl sites for hydroxylation is 1. The van der Waals surface area contributed by atoms with E-state index in [1.165, 1.54) is 0 Å². The molecule has 0 aliphatic heterocycles. The number of nitrogens with one attached hydrogen (secondary N) is 1. The number of amides is 1. The highest BCUT2D eigenvalue weighted by Gasteiger charge is 2.12. The Morgan fingerprint density at radius 2 is 2.18 bits per heavy atom. The zero-order chi connectivity index (χ0) is 12.4. The Balaban J connectivity index is 2.20. The number of thiophene rings is 1. The molecule has 1 amide bonds. The zero-order valence-electron chi connectivity index (χ0n) is 9.45. The molecule has 0 aliphatic carbocycles. The van der Waals surface area contributed by atoms with Crippen molar-refractivity contribution in [3.8, 4) is 0 Å². The second-order valence-electron chi connectivity index (χ2n) is 3.63. The molecule has 2 aromatic rings. The van der Waals surface area contributed by atoms with E-state index >= 15 is 0 Å². The van der Waals surface area contributed by atoms with Crippen LogP contribution in [-0.4, -0.2) is 10.9 Å². The van der Waals surface area contributed by atoms with Crippen LogP contribution in [0.15, 0.2) is 23.6 Å². The lowest BCUT2D eigenvalue weighted by Gasteiger charge is -2.04. The molecule has 2 rings (SSSR count). The van der Waals surface area contributed by atoms with Gasteiger partial charge in [-0.25, -0.2) is 4.98 Å². The summed E-state index contributed by atoms with van der Waals surface area (Å²) in [5.41, 5.74) is 1.70. The van der Waals surface area contributed by atoms with Crippen molar-refractivity contribution in [2.45, 2.75) is 13.8 Å². The normalized spacial score (nSPS) is 10.3. The minimum absolute atomic E-state index is 0.151. The molecule has 17 heavy (non-hydrogen) atoms. The third kappa shape index (κ3) is 2.65. The summed E-state index contributed by atoms with van der Waals surface area (Å²) in [4.78, 5) is 17.1. The third-order valence-electron chi connectivity index (χ3n) is 2.49. The van der Waals surface area contributed by atoms with Crippen molar-refractivity contribution < 1.29 is 4.79 Å². The number of anilines is 1. The van der Waals surface area contributed by atoms with E-state index in [0.717, 1.165) is 10.4 Å². The molecular formula is C12H11ClN2OS. The molecule has 2 aromatic heterocycles. The van der Waals surface area contributed by atoms with Crippen LogP contribution in [0.5, 0.6) is 0 Å². The summed E-state index contributed by atoms with van der Waals surface area (Å²) in [6.45, 7) is 3.93. The fraction of sp³-hybridized carbons (Fsp3) is 0.167. The molecule has 5 heteroatoms. The predicted octanol–water partition coefficient (Wildman–Crippen LogP) is 3.67. The highest BCUT2D eigenvalue weighted by atomic mass is 35.5. The number of halogens is 1. The van der Waals surface area contributed by atoms with Crippen molar-refractivity contribution >= 4 is 34.7 Å². The lowest BCUT2D eigenvalue weighted by Crippen LogP contribution is -2.13. The number of hydrogen-bond acceptors (Lipinski definition) is 3. The van der Waals surface area contributed by atoms with Crippen LogP contribution in [0, 0.1) is 13.8 Å². The molecule has 3 nitrogen and oxygen atoms in total. The summed E-state index contributed by atoms with van der Waals surface area (Å²) in [5.74, 6) is 0.312. The van der Waals surface area contributed by atoms with Crippen LogP contribution < -0.4 is 5.32 Å². The van der Waals surface area contributed by atoms with Crippen molar-refractivity contribution in [3.05, 3.63) is 44.7 Å². The van der Waals surface area contributed by atoms with Crippen LogP contribution in [-0.2, 0) is 0 Å². The molecule has 0 saturated heterocycles. The molecule has 1 N–H and O–H groups in total. The van der Waals surface area contributed by atoms with E-state index in [1.807, 2.05) is 19.2 Å². The maximum absolute atomic E-state index is 12.0. The monoisotopic (exact) mass is 266 g/mol. The van der Waals surface area contributed by atoms with Gasteiger partial charge in [0.1, 0.15) is 11.0 Å². The first kappa shape index (κ1) is 12.1. The fourth-order valence-electron chi connectivity index (χ4n) is 1.40. The maximum Gasteiger partial charge on any atom is 0.257 e. The third-order valence-corrected chi connectivity index (χ3v) is 3.71. The van der Waals surface area contributed by atoms with Crippen LogP contribution in [0.4, 0.5) is 5.82 Å². The minimum Gasteiger partial charge on any atom is -0.306 e. The highest BCUT2D eigenvalue weighted by molar-refractivity contribution is 7.10. The van der Waals surface area contributed by atoms with Crippen molar-refractivity contribution in [1.82, 2.24) is 4.98 Å². The topological polar surface area (TPSA) is 42.0 Å². The fourth-order valence-corrected chi connectivity index (χ4v) is 2.43. The molecule has 0 bridgehead atoms. The number of nitrogens with zero attached hydrogens (tertiary/aromatic N) is 1. The van der Waals surface area contributed by atoms with E-state index in [4.69, 9.17) is 11.6 Å². The molecule has 0 saturated carbocycles. The molecule has 0 spiro atoms. The van der Waals surface area contributed by atoms with Gasteiger partial charge in [0.05, 0.1) is 5.56 Å². The summed E-state index contributed by atoms with van der Waals surface area (Å²) in [6, 6.07) is 5.12. The van der Waals surface area contributed by atoms with Gasteiger partial charge in [0.25, 0.3) is 5.91 Å². The lowest BCUT2D eigenvalue weighted by molar-refractivity contribution is 0.102. The smallest absolute Gasteiger partial charge is 0.257 e. The summed E-state index contributed by atoms with van der Waals surface area (Å²) in [5, 5.41) is 4.94. The largest absolute Gasteiger partial charge is 0.306 e. The Hall–Kier alpha value is -1.39. The van der Waals surface area contributed by atoms with Crippen molar-refractivity contribution in [1.29, 1.82) is 0 Å². The second kappa shape index (κ2) is 4.85. The van der Waals surface area contributed by atoms with Crippen LogP contribution in [0.25, 0.3) is 0 Å². The van der Waals surface area contributed by atoms with Gasteiger partial charge >= 0.3 is 0 Å². The Kier molecular flexibility index (Phi) is 3.45. The Morgan fingerprint density at radius 3 is 2.76 bits per heavy atom. The number of hydrogen-bond donors (Lipinski definition) is 1. The van der Waals surface area contributed by atoms with Gasteiger partial charge in [-0.15, -0.1) is 11.3 Å².